The van der Waals surface area contributed by atoms with Crippen LogP contribution >= 0.6 is 0 Å². The summed E-state index contributed by atoms with van der Waals surface area (Å²) in [6, 6.07) is 0. The van der Waals surface area contributed by atoms with Gasteiger partial charge in [-0.15, -0.1) is 0 Å². The predicted molar refractivity (Wildman–Crippen MR) is 43.2 cm³/mol. The second-order valence-electron chi connectivity index (χ2n) is 2.66. The molecule has 0 amide bonds. The van der Waals surface area contributed by atoms with Crippen molar-refractivity contribution in [3.8, 4) is 0 Å². The summed E-state index contributed by atoms with van der Waals surface area (Å²) in [5.74, 6) is 0. The van der Waals surface area contributed by atoms with Gasteiger partial charge in [-0.1, -0.05) is 6.92 Å². The van der Waals surface area contributed by atoms with Crippen LogP contribution in [0.5, 0.6) is 0 Å². The molecule has 0 aliphatic carbocycles. The zero-order chi connectivity index (χ0) is 8.27. The lowest BCUT2D eigenvalue weighted by Crippen LogP contribution is -1.96. The van der Waals surface area contributed by atoms with Gasteiger partial charge in [0.05, 0.1) is 12.3 Å². The van der Waals surface area contributed by atoms with E-state index in [1.54, 1.807) is 0 Å². The Morgan fingerprint density at radius 2 is 2.36 bits per heavy atom. The molecule has 0 spiro atoms. The van der Waals surface area contributed by atoms with Crippen molar-refractivity contribution in [1.29, 1.82) is 0 Å². The smallest absolute Gasteiger partial charge is 0.0715 e. The Morgan fingerprint density at radius 1 is 1.64 bits per heavy atom. The van der Waals surface area contributed by atoms with Gasteiger partial charge in [-0.05, 0) is 13.3 Å². The van der Waals surface area contributed by atoms with E-state index in [0.29, 0.717) is 0 Å². The molecule has 3 nitrogen and oxygen atoms in total. The first kappa shape index (κ1) is 8.27. The largest absolute Gasteiger partial charge is 0.392 e. The third-order valence-corrected chi connectivity index (χ3v) is 1.67. The molecule has 0 unspecified atom stereocenters. The van der Waals surface area contributed by atoms with Crippen molar-refractivity contribution in [2.45, 2.75) is 33.4 Å². The van der Waals surface area contributed by atoms with Gasteiger partial charge in [-0.3, -0.25) is 4.68 Å². The number of aliphatic hydroxyl groups excluding tert-OH is 1. The fraction of sp³-hybridized carbons (Fsp3) is 0.625. The van der Waals surface area contributed by atoms with Crippen LogP contribution < -0.4 is 0 Å². The van der Waals surface area contributed by atoms with Crippen molar-refractivity contribution < 1.29 is 5.11 Å². The van der Waals surface area contributed by atoms with Crippen molar-refractivity contribution in [3.05, 3.63) is 17.5 Å². The molecule has 0 aliphatic rings. The minimum atomic E-state index is 0.0928. The highest BCUT2D eigenvalue weighted by Crippen LogP contribution is 2.04. The Labute approximate surface area is 66.7 Å². The van der Waals surface area contributed by atoms with Crippen LogP contribution in [0.1, 0.15) is 24.6 Å². The van der Waals surface area contributed by atoms with Gasteiger partial charge in [0.15, 0.2) is 0 Å². The quantitative estimate of drug-likeness (QED) is 0.707. The Bertz CT molecular complexity index is 230. The predicted octanol–water partition coefficient (Wildman–Crippen LogP) is 1.09. The SMILES string of the molecule is CCCn1cc(CO)c(C)n1. The summed E-state index contributed by atoms with van der Waals surface area (Å²) >= 11 is 0. The highest BCUT2D eigenvalue weighted by molar-refractivity contribution is 5.13. The molecular weight excluding hydrogens is 140 g/mol. The first-order chi connectivity index (χ1) is 5.27. The monoisotopic (exact) mass is 154 g/mol. The van der Waals surface area contributed by atoms with Crippen LogP contribution in [0.25, 0.3) is 0 Å². The van der Waals surface area contributed by atoms with Crippen molar-refractivity contribution >= 4 is 0 Å². The lowest BCUT2D eigenvalue weighted by molar-refractivity contribution is 0.281. The molecule has 0 atom stereocenters. The first-order valence-electron chi connectivity index (χ1n) is 3.91. The van der Waals surface area contributed by atoms with Crippen molar-refractivity contribution in [3.63, 3.8) is 0 Å². The maximum atomic E-state index is 8.85. The van der Waals surface area contributed by atoms with Gasteiger partial charge in [0.25, 0.3) is 0 Å². The molecule has 1 heterocycles. The molecule has 0 aliphatic heterocycles. The molecule has 11 heavy (non-hydrogen) atoms. The molecule has 1 aromatic rings. The minimum Gasteiger partial charge on any atom is -0.392 e. The first-order valence-corrected chi connectivity index (χ1v) is 3.91. The van der Waals surface area contributed by atoms with E-state index in [9.17, 15) is 0 Å². The number of hydrogen-bond donors (Lipinski definition) is 1. The molecule has 0 fully saturated rings. The molecule has 1 N–H and O–H groups in total. The summed E-state index contributed by atoms with van der Waals surface area (Å²) in [6.45, 7) is 5.05. The second-order valence-corrected chi connectivity index (χ2v) is 2.66. The van der Waals surface area contributed by atoms with Crippen molar-refractivity contribution in [1.82, 2.24) is 9.78 Å². The van der Waals surface area contributed by atoms with Gasteiger partial charge >= 0.3 is 0 Å². The highest BCUT2D eigenvalue weighted by atomic mass is 16.3. The van der Waals surface area contributed by atoms with Gasteiger partial charge in [-0.25, -0.2) is 0 Å². The molecule has 0 saturated heterocycles. The van der Waals surface area contributed by atoms with Crippen molar-refractivity contribution in [2.75, 3.05) is 0 Å². The second kappa shape index (κ2) is 3.53. The lowest BCUT2D eigenvalue weighted by atomic mass is 10.3. The van der Waals surface area contributed by atoms with Crippen LogP contribution in [0, 0.1) is 6.92 Å². The van der Waals surface area contributed by atoms with Crippen molar-refractivity contribution in [2.24, 2.45) is 0 Å². The summed E-state index contributed by atoms with van der Waals surface area (Å²) in [7, 11) is 0. The molecule has 0 radical (unpaired) electrons. The van der Waals surface area contributed by atoms with E-state index in [0.717, 1.165) is 24.2 Å². The number of hydrogen-bond acceptors (Lipinski definition) is 2. The number of aliphatic hydroxyl groups is 1. The maximum absolute atomic E-state index is 8.85. The summed E-state index contributed by atoms with van der Waals surface area (Å²) < 4.78 is 1.88. The zero-order valence-corrected chi connectivity index (χ0v) is 7.04. The van der Waals surface area contributed by atoms with Crippen LogP contribution in [0.2, 0.25) is 0 Å². The Hall–Kier alpha value is -0.830. The summed E-state index contributed by atoms with van der Waals surface area (Å²) in [5, 5.41) is 13.1. The average molecular weight is 154 g/mol. The number of aryl methyl sites for hydroxylation is 2. The minimum absolute atomic E-state index is 0.0928. The maximum Gasteiger partial charge on any atom is 0.0715 e. The van der Waals surface area contributed by atoms with E-state index >= 15 is 0 Å². The van der Waals surface area contributed by atoms with Crippen LogP contribution in [0.15, 0.2) is 6.20 Å². The third-order valence-electron chi connectivity index (χ3n) is 1.67. The molecule has 0 bridgehead atoms. The van der Waals surface area contributed by atoms with Crippen LogP contribution in [0.4, 0.5) is 0 Å². The molecule has 0 saturated carbocycles. The topological polar surface area (TPSA) is 38.0 Å². The standard InChI is InChI=1S/C8H14N2O/c1-3-4-10-5-8(6-11)7(2)9-10/h5,11H,3-4,6H2,1-2H3. The lowest BCUT2D eigenvalue weighted by Gasteiger charge is -1.94. The van der Waals surface area contributed by atoms with Gasteiger partial charge in [0.2, 0.25) is 0 Å². The molecular formula is C8H14N2O. The number of nitrogens with zero attached hydrogens (tertiary/aromatic N) is 2. The van der Waals surface area contributed by atoms with E-state index < -0.39 is 0 Å². The van der Waals surface area contributed by atoms with E-state index in [4.69, 9.17) is 5.11 Å². The van der Waals surface area contributed by atoms with Crippen LogP contribution in [-0.2, 0) is 13.2 Å². The zero-order valence-electron chi connectivity index (χ0n) is 7.04. The molecule has 3 heteroatoms. The Kier molecular flexibility index (Phi) is 2.65. The van der Waals surface area contributed by atoms with Gasteiger partial charge in [0.1, 0.15) is 0 Å². The Balaban J connectivity index is 2.77. The summed E-state index contributed by atoms with van der Waals surface area (Å²) in [6.07, 6.45) is 2.98. The van der Waals surface area contributed by atoms with Gasteiger partial charge in [-0.2, -0.15) is 5.10 Å². The van der Waals surface area contributed by atoms with E-state index in [-0.39, 0.29) is 6.61 Å². The fourth-order valence-electron chi connectivity index (χ4n) is 1.06. The van der Waals surface area contributed by atoms with E-state index in [2.05, 4.69) is 12.0 Å². The van der Waals surface area contributed by atoms with Crippen LogP contribution in [-0.4, -0.2) is 14.9 Å². The van der Waals surface area contributed by atoms with Gasteiger partial charge in [0, 0.05) is 18.3 Å². The molecule has 1 rings (SSSR count). The summed E-state index contributed by atoms with van der Waals surface area (Å²) in [4.78, 5) is 0. The van der Waals surface area contributed by atoms with Gasteiger partial charge < -0.3 is 5.11 Å². The van der Waals surface area contributed by atoms with E-state index in [1.807, 2.05) is 17.8 Å². The molecule has 1 aromatic heterocycles. The van der Waals surface area contributed by atoms with E-state index in [1.165, 1.54) is 0 Å². The average Bonchev–Trinajstić information content (AvgIpc) is 2.32. The number of rotatable bonds is 3. The van der Waals surface area contributed by atoms with Crippen LogP contribution in [0.3, 0.4) is 0 Å². The number of aromatic nitrogens is 2. The molecule has 62 valence electrons. The Morgan fingerprint density at radius 3 is 2.82 bits per heavy atom. The highest BCUT2D eigenvalue weighted by Gasteiger charge is 2.01. The third kappa shape index (κ3) is 1.80. The fourth-order valence-corrected chi connectivity index (χ4v) is 1.06. The normalized spacial score (nSPS) is 10.5. The summed E-state index contributed by atoms with van der Waals surface area (Å²) in [5.41, 5.74) is 1.86. The molecule has 0 aromatic carbocycles.